The van der Waals surface area contributed by atoms with Crippen molar-refractivity contribution in [3.05, 3.63) is 127 Å². The van der Waals surface area contributed by atoms with Crippen LogP contribution in [-0.2, 0) is 20.9 Å². The summed E-state index contributed by atoms with van der Waals surface area (Å²) < 4.78 is 37.2. The molecule has 1 aromatic heterocycles. The second-order valence-corrected chi connectivity index (χ2v) is 17.8. The Labute approximate surface area is 256 Å². The van der Waals surface area contributed by atoms with Gasteiger partial charge in [-0.25, -0.2) is 13.1 Å². The van der Waals surface area contributed by atoms with Gasteiger partial charge in [-0.2, -0.15) is 0 Å². The van der Waals surface area contributed by atoms with Crippen LogP contribution >= 0.6 is 0 Å². The van der Waals surface area contributed by atoms with Crippen LogP contribution in [0.5, 0.6) is 0 Å². The van der Waals surface area contributed by atoms with E-state index in [0.29, 0.717) is 6.42 Å². The van der Waals surface area contributed by atoms with Gasteiger partial charge in [0.15, 0.2) is 0 Å². The van der Waals surface area contributed by atoms with Crippen LogP contribution in [0.25, 0.3) is 10.9 Å². The average molecular weight is 607 g/mol. The number of fused-ring (bicyclic) bond motifs is 1. The third-order valence-corrected chi connectivity index (χ3v) is 14.2. The van der Waals surface area contributed by atoms with E-state index in [9.17, 15) is 8.42 Å². The summed E-state index contributed by atoms with van der Waals surface area (Å²) in [7, 11) is -6.26. The maximum absolute atomic E-state index is 12.8. The summed E-state index contributed by atoms with van der Waals surface area (Å²) in [5, 5.41) is 3.37. The zero-order valence-corrected chi connectivity index (χ0v) is 27.0. The lowest BCUT2D eigenvalue weighted by Crippen LogP contribution is -2.66. The molecule has 0 saturated carbocycles. The molecule has 5 nitrogen and oxygen atoms in total. The number of para-hydroxylation sites is 1. The average Bonchev–Trinajstić information content (AvgIpc) is 3.35. The normalized spacial score (nSPS) is 12.2. The van der Waals surface area contributed by atoms with Gasteiger partial charge < -0.3 is 4.43 Å². The number of rotatable bonds is 9. The molecule has 0 bridgehead atoms. The predicted molar refractivity (Wildman–Crippen MR) is 179 cm³/mol. The molecule has 5 rings (SSSR count). The lowest BCUT2D eigenvalue weighted by Gasteiger charge is -2.42. The lowest BCUT2D eigenvalue weighted by atomic mass is 10.1. The van der Waals surface area contributed by atoms with Gasteiger partial charge in [0.1, 0.15) is 0 Å². The third kappa shape index (κ3) is 6.53. The highest BCUT2D eigenvalue weighted by atomic mass is 32.2. The molecular formula is C36H38N2O3SSi. The van der Waals surface area contributed by atoms with Crippen LogP contribution in [0.15, 0.2) is 120 Å². The molecule has 0 aliphatic rings. The molecule has 0 saturated heterocycles. The molecule has 0 spiro atoms. The van der Waals surface area contributed by atoms with E-state index >= 15 is 0 Å². The first kappa shape index (κ1) is 30.5. The minimum atomic E-state index is -3.58. The fraction of sp³-hybridized carbons (Fsp3) is 0.222. The largest absolute Gasteiger partial charge is 0.396 e. The number of hydrogen-bond acceptors (Lipinski definition) is 3. The molecule has 43 heavy (non-hydrogen) atoms. The van der Waals surface area contributed by atoms with Gasteiger partial charge in [-0.3, -0.25) is 4.57 Å². The molecule has 4 aromatic carbocycles. The molecule has 5 aromatic rings. The van der Waals surface area contributed by atoms with Crippen LogP contribution in [0.2, 0.25) is 5.04 Å². The van der Waals surface area contributed by atoms with E-state index in [0.717, 1.165) is 22.0 Å². The maximum atomic E-state index is 12.8. The van der Waals surface area contributed by atoms with Gasteiger partial charge in [-0.1, -0.05) is 123 Å². The summed E-state index contributed by atoms with van der Waals surface area (Å²) in [5.74, 6) is 3.29. The van der Waals surface area contributed by atoms with Crippen LogP contribution in [-0.4, -0.2) is 34.5 Å². The first-order valence-corrected chi connectivity index (χ1v) is 17.9. The Kier molecular flexibility index (Phi) is 9.04. The second kappa shape index (κ2) is 12.7. The highest BCUT2D eigenvalue weighted by Gasteiger charge is 2.50. The minimum absolute atomic E-state index is 0.128. The molecular weight excluding hydrogens is 569 g/mol. The van der Waals surface area contributed by atoms with E-state index in [2.05, 4.69) is 92.1 Å². The third-order valence-electron chi connectivity index (χ3n) is 7.79. The summed E-state index contributed by atoms with van der Waals surface area (Å²) in [6.07, 6.45) is 2.54. The summed E-state index contributed by atoms with van der Waals surface area (Å²) in [4.78, 5) is 0.271. The predicted octanol–water partition coefficient (Wildman–Crippen LogP) is 5.86. The Morgan fingerprint density at radius 1 is 0.814 bits per heavy atom. The van der Waals surface area contributed by atoms with E-state index in [1.807, 2.05) is 48.0 Å². The fourth-order valence-corrected chi connectivity index (χ4v) is 11.2. The molecule has 1 N–H and O–H groups in total. The first-order chi connectivity index (χ1) is 20.6. The van der Waals surface area contributed by atoms with Crippen molar-refractivity contribution in [2.45, 2.75) is 44.0 Å². The van der Waals surface area contributed by atoms with Crippen molar-refractivity contribution in [1.82, 2.24) is 9.29 Å². The standard InChI is InChI=1S/C36H38N2O3SSi/c1-29-20-22-31(23-21-29)42(39,40)37-25-24-30-28-38(35-19-12-11-18-34(30)35)26-13-27-41-43(36(2,3)4,32-14-7-5-8-15-32)33-16-9-6-10-17-33/h5-12,14-23,28,37H,24-25,27H2,1-4H3. The molecule has 0 radical (unpaired) electrons. The van der Waals surface area contributed by atoms with Crippen LogP contribution in [0, 0.1) is 18.9 Å². The maximum Gasteiger partial charge on any atom is 0.262 e. The molecule has 0 atom stereocenters. The smallest absolute Gasteiger partial charge is 0.262 e. The number of sulfonamides is 1. The van der Waals surface area contributed by atoms with E-state index in [1.165, 1.54) is 10.4 Å². The molecule has 7 heteroatoms. The Morgan fingerprint density at radius 3 is 2.00 bits per heavy atom. The zero-order valence-electron chi connectivity index (χ0n) is 25.2. The van der Waals surface area contributed by atoms with Crippen molar-refractivity contribution in [2.75, 3.05) is 13.2 Å². The minimum Gasteiger partial charge on any atom is -0.396 e. The molecule has 0 aliphatic heterocycles. The van der Waals surface area contributed by atoms with Gasteiger partial charge >= 0.3 is 0 Å². The van der Waals surface area contributed by atoms with Crippen LogP contribution in [0.1, 0.15) is 31.9 Å². The number of nitrogens with zero attached hydrogens (tertiary/aromatic N) is 1. The van der Waals surface area contributed by atoms with E-state index < -0.39 is 18.3 Å². The van der Waals surface area contributed by atoms with Gasteiger partial charge in [-0.15, -0.1) is 0 Å². The second-order valence-electron chi connectivity index (χ2n) is 11.7. The number of aromatic nitrogens is 1. The molecule has 220 valence electrons. The number of aryl methyl sites for hydroxylation is 1. The van der Waals surface area contributed by atoms with Crippen molar-refractivity contribution in [2.24, 2.45) is 0 Å². The Bertz CT molecular complexity index is 1810. The van der Waals surface area contributed by atoms with Gasteiger partial charge in [0, 0.05) is 24.2 Å². The summed E-state index contributed by atoms with van der Waals surface area (Å²) in [5.41, 5.74) is 3.03. The topological polar surface area (TPSA) is 60.3 Å². The Hall–Kier alpha value is -3.93. The zero-order chi connectivity index (χ0) is 30.5. The Morgan fingerprint density at radius 2 is 1.40 bits per heavy atom. The van der Waals surface area contributed by atoms with Crippen LogP contribution < -0.4 is 15.1 Å². The SMILES string of the molecule is Cc1ccc(S(=O)(=O)NCCc2cn(C#CCO[Si](c3ccccc3)(c3ccccc3)C(C)(C)C)c3ccccc23)cc1. The first-order valence-electron chi connectivity index (χ1n) is 14.5. The monoisotopic (exact) mass is 606 g/mol. The summed E-state index contributed by atoms with van der Waals surface area (Å²) in [6, 6.07) is 39.3. The van der Waals surface area contributed by atoms with Gasteiger partial charge in [0.25, 0.3) is 8.32 Å². The highest BCUT2D eigenvalue weighted by molar-refractivity contribution is 7.89. The van der Waals surface area contributed by atoms with Crippen molar-refractivity contribution in [1.29, 1.82) is 0 Å². The molecule has 0 aliphatic carbocycles. The summed E-state index contributed by atoms with van der Waals surface area (Å²) >= 11 is 0. The van der Waals surface area contributed by atoms with Crippen molar-refractivity contribution >= 4 is 39.6 Å². The summed E-state index contributed by atoms with van der Waals surface area (Å²) in [6.45, 7) is 9.27. The quantitative estimate of drug-likeness (QED) is 0.169. The molecule has 0 fully saturated rings. The van der Waals surface area contributed by atoms with Crippen LogP contribution in [0.4, 0.5) is 0 Å². The van der Waals surface area contributed by atoms with E-state index in [1.54, 1.807) is 24.3 Å². The number of benzene rings is 4. The molecule has 1 heterocycles. The van der Waals surface area contributed by atoms with Gasteiger partial charge in [0.2, 0.25) is 10.0 Å². The fourth-order valence-electron chi connectivity index (χ4n) is 5.69. The van der Waals surface area contributed by atoms with Gasteiger partial charge in [-0.05, 0) is 52.5 Å². The van der Waals surface area contributed by atoms with E-state index in [4.69, 9.17) is 4.43 Å². The van der Waals surface area contributed by atoms with Crippen molar-refractivity contribution in [3.8, 4) is 12.0 Å². The lowest BCUT2D eigenvalue weighted by molar-refractivity contribution is 0.346. The van der Waals surface area contributed by atoms with Crippen molar-refractivity contribution < 1.29 is 12.8 Å². The van der Waals surface area contributed by atoms with Crippen LogP contribution in [0.3, 0.4) is 0 Å². The molecule has 0 amide bonds. The highest BCUT2D eigenvalue weighted by Crippen LogP contribution is 2.36. The van der Waals surface area contributed by atoms with Gasteiger partial charge in [0.05, 0.1) is 17.0 Å². The molecule has 0 unspecified atom stereocenters. The van der Waals surface area contributed by atoms with E-state index in [-0.39, 0.29) is 23.1 Å². The number of hydrogen-bond donors (Lipinski definition) is 1. The number of nitrogens with one attached hydrogen (secondary N) is 1. The Balaban J connectivity index is 1.38. The van der Waals surface area contributed by atoms with Crippen molar-refractivity contribution in [3.63, 3.8) is 0 Å².